The van der Waals surface area contributed by atoms with Gasteiger partial charge in [0.1, 0.15) is 5.75 Å². The zero-order chi connectivity index (χ0) is 15.7. The number of phenols is 1. The van der Waals surface area contributed by atoms with E-state index in [0.717, 1.165) is 40.9 Å². The zero-order valence-electron chi connectivity index (χ0n) is 13.2. The Hall–Kier alpha value is -2.33. The first-order valence-corrected chi connectivity index (χ1v) is 7.60. The highest BCUT2D eigenvalue weighted by Gasteiger charge is 2.14. The lowest BCUT2D eigenvalue weighted by Gasteiger charge is -2.10. The second-order valence-electron chi connectivity index (χ2n) is 5.49. The fraction of sp³-hybridized carbons (Fsp3) is 0.278. The standard InChI is InChI=1S/C18H21N3O/c1-4-19-11-16-12(2)20-21(13(16)3)17-9-5-8-15-14(17)7-6-10-18(15)22/h5-10,19,22H,4,11H2,1-3H3. The number of rotatable bonds is 4. The number of hydrogen-bond donors (Lipinski definition) is 2. The monoisotopic (exact) mass is 295 g/mol. The Bertz CT molecular complexity index is 821. The van der Waals surface area contributed by atoms with E-state index in [1.54, 1.807) is 6.07 Å². The molecule has 0 aliphatic heterocycles. The summed E-state index contributed by atoms with van der Waals surface area (Å²) in [7, 11) is 0. The smallest absolute Gasteiger partial charge is 0.123 e. The number of benzene rings is 2. The van der Waals surface area contributed by atoms with Gasteiger partial charge in [0.05, 0.1) is 11.4 Å². The van der Waals surface area contributed by atoms with E-state index in [1.165, 1.54) is 5.56 Å². The van der Waals surface area contributed by atoms with Crippen LogP contribution in [0.5, 0.6) is 5.75 Å². The Morgan fingerprint density at radius 1 is 1.09 bits per heavy atom. The van der Waals surface area contributed by atoms with Gasteiger partial charge < -0.3 is 10.4 Å². The van der Waals surface area contributed by atoms with Gasteiger partial charge in [0.15, 0.2) is 0 Å². The van der Waals surface area contributed by atoms with Crippen molar-refractivity contribution in [3.8, 4) is 11.4 Å². The Balaban J connectivity index is 2.18. The maximum Gasteiger partial charge on any atom is 0.123 e. The van der Waals surface area contributed by atoms with Crippen molar-refractivity contribution >= 4 is 10.8 Å². The van der Waals surface area contributed by atoms with Crippen molar-refractivity contribution in [1.82, 2.24) is 15.1 Å². The third-order valence-corrected chi connectivity index (χ3v) is 4.10. The topological polar surface area (TPSA) is 50.1 Å². The Kier molecular flexibility index (Phi) is 3.86. The van der Waals surface area contributed by atoms with Gasteiger partial charge in [-0.25, -0.2) is 4.68 Å². The Labute approximate surface area is 130 Å². The molecule has 0 aliphatic rings. The molecule has 0 bridgehead atoms. The molecule has 22 heavy (non-hydrogen) atoms. The van der Waals surface area contributed by atoms with Crippen LogP contribution in [0.15, 0.2) is 36.4 Å². The first kappa shape index (κ1) is 14.6. The van der Waals surface area contributed by atoms with Crippen LogP contribution in [-0.2, 0) is 6.54 Å². The van der Waals surface area contributed by atoms with E-state index in [4.69, 9.17) is 5.10 Å². The minimum Gasteiger partial charge on any atom is -0.507 e. The molecule has 0 radical (unpaired) electrons. The highest BCUT2D eigenvalue weighted by atomic mass is 16.3. The summed E-state index contributed by atoms with van der Waals surface area (Å²) in [5.41, 5.74) is 4.40. The fourth-order valence-corrected chi connectivity index (χ4v) is 2.88. The van der Waals surface area contributed by atoms with Crippen LogP contribution in [0.1, 0.15) is 23.9 Å². The summed E-state index contributed by atoms with van der Waals surface area (Å²) in [6.07, 6.45) is 0. The number of nitrogens with zero attached hydrogens (tertiary/aromatic N) is 2. The molecule has 0 saturated carbocycles. The van der Waals surface area contributed by atoms with Crippen molar-refractivity contribution in [3.05, 3.63) is 53.3 Å². The van der Waals surface area contributed by atoms with Crippen LogP contribution < -0.4 is 5.32 Å². The van der Waals surface area contributed by atoms with Crippen LogP contribution in [0.4, 0.5) is 0 Å². The first-order valence-electron chi connectivity index (χ1n) is 7.60. The van der Waals surface area contributed by atoms with Crippen molar-refractivity contribution in [3.63, 3.8) is 0 Å². The number of aromatic nitrogens is 2. The molecule has 3 rings (SSSR count). The molecule has 0 amide bonds. The van der Waals surface area contributed by atoms with E-state index in [2.05, 4.69) is 19.2 Å². The second-order valence-corrected chi connectivity index (χ2v) is 5.49. The number of aromatic hydroxyl groups is 1. The van der Waals surface area contributed by atoms with Crippen LogP contribution in [0.25, 0.3) is 16.5 Å². The Morgan fingerprint density at radius 2 is 1.82 bits per heavy atom. The van der Waals surface area contributed by atoms with E-state index in [-0.39, 0.29) is 0 Å². The van der Waals surface area contributed by atoms with E-state index >= 15 is 0 Å². The molecule has 3 aromatic rings. The lowest BCUT2D eigenvalue weighted by atomic mass is 10.1. The van der Waals surface area contributed by atoms with Crippen LogP contribution in [0.3, 0.4) is 0 Å². The molecule has 4 heteroatoms. The molecule has 0 unspecified atom stereocenters. The van der Waals surface area contributed by atoms with Crippen LogP contribution in [0, 0.1) is 13.8 Å². The average Bonchev–Trinajstić information content (AvgIpc) is 2.80. The van der Waals surface area contributed by atoms with E-state index < -0.39 is 0 Å². The average molecular weight is 295 g/mol. The number of hydrogen-bond acceptors (Lipinski definition) is 3. The molecule has 114 valence electrons. The molecular formula is C18H21N3O. The molecule has 0 atom stereocenters. The van der Waals surface area contributed by atoms with Gasteiger partial charge in [-0.2, -0.15) is 5.10 Å². The summed E-state index contributed by atoms with van der Waals surface area (Å²) in [4.78, 5) is 0. The minimum atomic E-state index is 0.300. The van der Waals surface area contributed by atoms with Gasteiger partial charge in [0.25, 0.3) is 0 Å². The predicted octanol–water partition coefficient (Wildman–Crippen LogP) is 3.46. The van der Waals surface area contributed by atoms with E-state index in [1.807, 2.05) is 41.9 Å². The summed E-state index contributed by atoms with van der Waals surface area (Å²) in [5.74, 6) is 0.300. The summed E-state index contributed by atoms with van der Waals surface area (Å²) < 4.78 is 1.98. The largest absolute Gasteiger partial charge is 0.507 e. The molecule has 0 aliphatic carbocycles. The van der Waals surface area contributed by atoms with Crippen molar-refractivity contribution in [2.75, 3.05) is 6.54 Å². The zero-order valence-corrected chi connectivity index (χ0v) is 13.2. The van der Waals surface area contributed by atoms with Gasteiger partial charge in [-0.15, -0.1) is 0 Å². The van der Waals surface area contributed by atoms with Gasteiger partial charge in [-0.3, -0.25) is 0 Å². The van der Waals surface area contributed by atoms with E-state index in [0.29, 0.717) is 5.75 Å². The molecule has 1 heterocycles. The molecule has 4 nitrogen and oxygen atoms in total. The fourth-order valence-electron chi connectivity index (χ4n) is 2.88. The van der Waals surface area contributed by atoms with Crippen molar-refractivity contribution < 1.29 is 5.11 Å². The van der Waals surface area contributed by atoms with Gasteiger partial charge in [0, 0.05) is 28.6 Å². The molecular weight excluding hydrogens is 274 g/mol. The number of nitrogens with one attached hydrogen (secondary N) is 1. The van der Waals surface area contributed by atoms with Crippen molar-refractivity contribution in [2.45, 2.75) is 27.3 Å². The normalized spacial score (nSPS) is 11.2. The third kappa shape index (κ3) is 2.35. The second kappa shape index (κ2) is 5.81. The van der Waals surface area contributed by atoms with Gasteiger partial charge in [-0.05, 0) is 32.5 Å². The van der Waals surface area contributed by atoms with Crippen LogP contribution >= 0.6 is 0 Å². The lowest BCUT2D eigenvalue weighted by molar-refractivity contribution is 0.481. The van der Waals surface area contributed by atoms with Gasteiger partial charge in [-0.1, -0.05) is 31.2 Å². The van der Waals surface area contributed by atoms with Crippen LogP contribution in [-0.4, -0.2) is 21.4 Å². The SMILES string of the molecule is CCNCc1c(C)nn(-c2cccc3c(O)cccc23)c1C. The summed E-state index contributed by atoms with van der Waals surface area (Å²) in [5, 5.41) is 20.0. The van der Waals surface area contributed by atoms with E-state index in [9.17, 15) is 5.11 Å². The number of aryl methyl sites for hydroxylation is 1. The number of phenolic OH excluding ortho intramolecular Hbond substituents is 1. The number of fused-ring (bicyclic) bond motifs is 1. The summed E-state index contributed by atoms with van der Waals surface area (Å²) >= 11 is 0. The Morgan fingerprint density at radius 3 is 2.59 bits per heavy atom. The highest BCUT2D eigenvalue weighted by Crippen LogP contribution is 2.30. The van der Waals surface area contributed by atoms with Crippen LogP contribution in [0.2, 0.25) is 0 Å². The first-order chi connectivity index (χ1) is 10.6. The maximum absolute atomic E-state index is 10.0. The molecule has 2 aromatic carbocycles. The molecule has 0 spiro atoms. The lowest BCUT2D eigenvalue weighted by Crippen LogP contribution is -2.13. The third-order valence-electron chi connectivity index (χ3n) is 4.10. The molecule has 1 aromatic heterocycles. The molecule has 0 fully saturated rings. The van der Waals surface area contributed by atoms with Gasteiger partial charge in [0.2, 0.25) is 0 Å². The highest BCUT2D eigenvalue weighted by molar-refractivity contribution is 5.94. The predicted molar refractivity (Wildman–Crippen MR) is 89.6 cm³/mol. The molecule has 0 saturated heterocycles. The maximum atomic E-state index is 10.0. The van der Waals surface area contributed by atoms with Crippen molar-refractivity contribution in [2.24, 2.45) is 0 Å². The molecule has 2 N–H and O–H groups in total. The minimum absolute atomic E-state index is 0.300. The summed E-state index contributed by atoms with van der Waals surface area (Å²) in [6, 6.07) is 11.5. The van der Waals surface area contributed by atoms with Crippen molar-refractivity contribution in [1.29, 1.82) is 0 Å². The summed E-state index contributed by atoms with van der Waals surface area (Å²) in [6.45, 7) is 7.99. The van der Waals surface area contributed by atoms with Gasteiger partial charge >= 0.3 is 0 Å². The quantitative estimate of drug-likeness (QED) is 0.775.